The van der Waals surface area contributed by atoms with E-state index in [9.17, 15) is 35.1 Å². The zero-order valence-corrected chi connectivity index (χ0v) is 24.8. The first-order valence-corrected chi connectivity index (χ1v) is 15.7. The molecule has 8 nitrogen and oxygen atoms in total. The number of carboxylic acid groups (broad SMARTS) is 1. The third-order valence-corrected chi connectivity index (χ3v) is 12.4. The number of fused-ring (bicyclic) bond motifs is 5. The second-order valence-corrected chi connectivity index (χ2v) is 14.5. The van der Waals surface area contributed by atoms with Crippen molar-refractivity contribution in [3.8, 4) is 11.5 Å². The molecule has 0 aliphatic heterocycles. The highest BCUT2D eigenvalue weighted by Gasteiger charge is 2.62. The van der Waals surface area contributed by atoms with Crippen molar-refractivity contribution in [2.75, 3.05) is 0 Å². The number of aliphatic carboxylic acids is 1. The molecule has 0 radical (unpaired) electrons. The summed E-state index contributed by atoms with van der Waals surface area (Å²) in [6, 6.07) is 3.03. The molecule has 1 amide bonds. The molecule has 0 aromatic heterocycles. The summed E-state index contributed by atoms with van der Waals surface area (Å²) in [5, 5.41) is 53.4. The van der Waals surface area contributed by atoms with Crippen molar-refractivity contribution in [1.82, 2.24) is 5.32 Å². The van der Waals surface area contributed by atoms with Crippen molar-refractivity contribution in [2.24, 2.45) is 46.3 Å². The first kappa shape index (κ1) is 30.1. The maximum absolute atomic E-state index is 12.9. The van der Waals surface area contributed by atoms with Gasteiger partial charge in [0, 0.05) is 12.8 Å². The van der Waals surface area contributed by atoms with Gasteiger partial charge in [0.1, 0.15) is 6.04 Å². The van der Waals surface area contributed by atoms with Gasteiger partial charge in [-0.1, -0.05) is 26.8 Å². The minimum absolute atomic E-state index is 0.0104. The normalized spacial score (nSPS) is 39.6. The Labute approximate surface area is 243 Å². The molecule has 0 bridgehead atoms. The molecule has 0 heterocycles. The van der Waals surface area contributed by atoms with Crippen molar-refractivity contribution in [2.45, 2.75) is 110 Å². The lowest BCUT2D eigenvalue weighted by Gasteiger charge is -2.62. The zero-order chi connectivity index (χ0) is 29.7. The van der Waals surface area contributed by atoms with Crippen molar-refractivity contribution >= 4 is 11.9 Å². The smallest absolute Gasteiger partial charge is 0.326 e. The monoisotopic (exact) mass is 571 g/mol. The van der Waals surface area contributed by atoms with Gasteiger partial charge in [-0.25, -0.2) is 4.79 Å². The summed E-state index contributed by atoms with van der Waals surface area (Å²) in [5.74, 6) is 0.410. The van der Waals surface area contributed by atoms with Crippen molar-refractivity contribution in [3.63, 3.8) is 0 Å². The molecule has 228 valence electrons. The summed E-state index contributed by atoms with van der Waals surface area (Å²) in [6.07, 6.45) is 8.41. The van der Waals surface area contributed by atoms with Gasteiger partial charge in [0.15, 0.2) is 11.5 Å². The Morgan fingerprint density at radius 2 is 1.68 bits per heavy atom. The van der Waals surface area contributed by atoms with Crippen LogP contribution in [0.3, 0.4) is 0 Å². The van der Waals surface area contributed by atoms with Crippen LogP contribution in [0.1, 0.15) is 90.5 Å². The minimum Gasteiger partial charge on any atom is -0.504 e. The van der Waals surface area contributed by atoms with E-state index in [1.165, 1.54) is 18.2 Å². The molecule has 41 heavy (non-hydrogen) atoms. The fraction of sp³-hybridized carbons (Fsp3) is 0.758. The lowest BCUT2D eigenvalue weighted by Crippen LogP contribution is -2.58. The number of aromatic hydroxyl groups is 2. The van der Waals surface area contributed by atoms with Crippen molar-refractivity contribution in [1.29, 1.82) is 0 Å². The van der Waals surface area contributed by atoms with Gasteiger partial charge in [0.05, 0.1) is 12.2 Å². The molecule has 4 aliphatic rings. The number of carbonyl (C=O) groups is 2. The van der Waals surface area contributed by atoms with Gasteiger partial charge in [-0.15, -0.1) is 0 Å². The summed E-state index contributed by atoms with van der Waals surface area (Å²) >= 11 is 0. The number of benzene rings is 1. The largest absolute Gasteiger partial charge is 0.504 e. The molecular formula is C33H49NO7. The molecule has 4 aliphatic carbocycles. The van der Waals surface area contributed by atoms with Gasteiger partial charge < -0.3 is 30.8 Å². The van der Waals surface area contributed by atoms with E-state index in [1.54, 1.807) is 0 Å². The third-order valence-electron chi connectivity index (χ3n) is 12.4. The van der Waals surface area contributed by atoms with E-state index in [2.05, 4.69) is 26.1 Å². The average molecular weight is 572 g/mol. The van der Waals surface area contributed by atoms with Gasteiger partial charge in [0.2, 0.25) is 5.91 Å². The van der Waals surface area contributed by atoms with Gasteiger partial charge in [0.25, 0.3) is 0 Å². The lowest BCUT2D eigenvalue weighted by atomic mass is 9.43. The molecule has 4 saturated carbocycles. The number of hydrogen-bond donors (Lipinski definition) is 6. The summed E-state index contributed by atoms with van der Waals surface area (Å²) in [4.78, 5) is 24.7. The Bertz CT molecular complexity index is 1140. The SMILES string of the molecule is C[C@H](CCC(=O)NC(Cc1ccc(O)c(O)c1)C(=O)O)[C@H]1CC[C@H]2[C@@H]3[C@@H](O)CC4C[C@@H](O)CC[C@]4(C)[C@H]3CC[C@]12C. The standard InChI is InChI=1S/C33H49NO7/c1-18(4-9-29(39)34-25(31(40)41)14-19-5-8-26(36)27(37)15-19)22-6-7-23-30-24(11-13-33(22,23)3)32(2)12-10-21(35)16-20(32)17-28(30)38/h5,8,15,18,20-25,28,30,35-38H,4,6-7,9-14,16-17H2,1-3H3,(H,34,39)(H,40,41)/t18-,20?,21+,22-,23+,24+,25?,28+,30+,32+,33-/m1/s1. The van der Waals surface area contributed by atoms with Crippen LogP contribution in [0, 0.1) is 46.3 Å². The van der Waals surface area contributed by atoms with Crippen LogP contribution < -0.4 is 5.32 Å². The molecule has 5 rings (SSSR count). The Hall–Kier alpha value is -2.32. The van der Waals surface area contributed by atoms with Crippen LogP contribution in [0.4, 0.5) is 0 Å². The number of hydrogen-bond acceptors (Lipinski definition) is 6. The van der Waals surface area contributed by atoms with Gasteiger partial charge >= 0.3 is 5.97 Å². The number of rotatable bonds is 8. The van der Waals surface area contributed by atoms with Gasteiger partial charge in [-0.05, 0) is 122 Å². The van der Waals surface area contributed by atoms with Crippen LogP contribution in [0.15, 0.2) is 18.2 Å². The number of phenols is 2. The Morgan fingerprint density at radius 3 is 2.39 bits per heavy atom. The van der Waals surface area contributed by atoms with E-state index in [0.29, 0.717) is 47.5 Å². The highest BCUT2D eigenvalue weighted by molar-refractivity contribution is 5.83. The number of carbonyl (C=O) groups excluding carboxylic acids is 1. The van der Waals surface area contributed by atoms with Crippen LogP contribution in [-0.4, -0.2) is 55.7 Å². The van der Waals surface area contributed by atoms with E-state index in [-0.39, 0.29) is 53.3 Å². The van der Waals surface area contributed by atoms with Crippen LogP contribution in [0.2, 0.25) is 0 Å². The molecular weight excluding hydrogens is 522 g/mol. The molecule has 8 heteroatoms. The van der Waals surface area contributed by atoms with Crippen molar-refractivity contribution in [3.05, 3.63) is 23.8 Å². The topological polar surface area (TPSA) is 147 Å². The quantitative estimate of drug-likeness (QED) is 0.250. The fourth-order valence-corrected chi connectivity index (χ4v) is 10.1. The third kappa shape index (κ3) is 5.58. The second kappa shape index (κ2) is 11.4. The first-order valence-electron chi connectivity index (χ1n) is 15.7. The number of nitrogens with one attached hydrogen (secondary N) is 1. The predicted octanol–water partition coefficient (Wildman–Crippen LogP) is 4.62. The van der Waals surface area contributed by atoms with Crippen LogP contribution in [-0.2, 0) is 16.0 Å². The van der Waals surface area contributed by atoms with Crippen LogP contribution >= 0.6 is 0 Å². The van der Waals surface area contributed by atoms with E-state index >= 15 is 0 Å². The summed E-state index contributed by atoms with van der Waals surface area (Å²) < 4.78 is 0. The fourth-order valence-electron chi connectivity index (χ4n) is 10.1. The zero-order valence-electron chi connectivity index (χ0n) is 24.8. The Kier molecular flexibility index (Phi) is 8.38. The summed E-state index contributed by atoms with van der Waals surface area (Å²) in [6.45, 7) is 7.07. The van der Waals surface area contributed by atoms with E-state index in [0.717, 1.165) is 51.4 Å². The maximum atomic E-state index is 12.9. The number of aliphatic hydroxyl groups excluding tert-OH is 2. The maximum Gasteiger partial charge on any atom is 0.326 e. The molecule has 2 unspecified atom stereocenters. The first-order chi connectivity index (χ1) is 19.3. The summed E-state index contributed by atoms with van der Waals surface area (Å²) in [7, 11) is 0. The lowest BCUT2D eigenvalue weighted by molar-refractivity contribution is -0.174. The minimum atomic E-state index is -1.14. The second-order valence-electron chi connectivity index (χ2n) is 14.5. The molecule has 4 fully saturated rings. The highest BCUT2D eigenvalue weighted by atomic mass is 16.4. The number of amides is 1. The average Bonchev–Trinajstić information content (AvgIpc) is 3.27. The number of phenolic OH excluding ortho intramolecular Hbond substituents is 2. The molecule has 1 aromatic rings. The Morgan fingerprint density at radius 1 is 0.976 bits per heavy atom. The van der Waals surface area contributed by atoms with Gasteiger partial charge in [-0.2, -0.15) is 0 Å². The van der Waals surface area contributed by atoms with Crippen molar-refractivity contribution < 1.29 is 35.1 Å². The predicted molar refractivity (Wildman–Crippen MR) is 154 cm³/mol. The van der Waals surface area contributed by atoms with E-state index in [4.69, 9.17) is 0 Å². The van der Waals surface area contributed by atoms with Gasteiger partial charge in [-0.3, -0.25) is 4.79 Å². The Balaban J connectivity index is 1.20. The molecule has 1 aromatic carbocycles. The number of aliphatic hydroxyl groups is 2. The highest BCUT2D eigenvalue weighted by Crippen LogP contribution is 2.68. The molecule has 11 atom stereocenters. The molecule has 6 N–H and O–H groups in total. The van der Waals surface area contributed by atoms with Crippen LogP contribution in [0.5, 0.6) is 11.5 Å². The number of carboxylic acids is 1. The molecule has 0 saturated heterocycles. The van der Waals surface area contributed by atoms with E-state index < -0.39 is 12.0 Å². The molecule has 0 spiro atoms. The van der Waals surface area contributed by atoms with Crippen LogP contribution in [0.25, 0.3) is 0 Å². The van der Waals surface area contributed by atoms with E-state index in [1.807, 2.05) is 0 Å². The summed E-state index contributed by atoms with van der Waals surface area (Å²) in [5.41, 5.74) is 0.836.